The number of piperazine rings is 1. The van der Waals surface area contributed by atoms with Crippen LogP contribution in [0, 0.1) is 0 Å². The standard InChI is InChI=1S/C14H19N3O3/c1-2-20-14(18)13(15-19)17-10-8-16(9-11-17)12-6-4-3-5-7-12/h3-7,19H,2,8-11H2,1H3. The number of nitrogens with zero attached hydrogens (tertiary/aromatic N) is 3. The molecular weight excluding hydrogens is 258 g/mol. The maximum absolute atomic E-state index is 11.7. The molecule has 0 bridgehead atoms. The number of hydrogen-bond donors (Lipinski definition) is 1. The van der Waals surface area contributed by atoms with Crippen LogP contribution in [0.3, 0.4) is 0 Å². The van der Waals surface area contributed by atoms with Crippen molar-refractivity contribution >= 4 is 17.5 Å². The Morgan fingerprint density at radius 2 is 1.90 bits per heavy atom. The molecule has 6 heteroatoms. The van der Waals surface area contributed by atoms with Gasteiger partial charge in [-0.15, -0.1) is 0 Å². The van der Waals surface area contributed by atoms with E-state index in [2.05, 4.69) is 22.2 Å². The van der Waals surface area contributed by atoms with Crippen molar-refractivity contribution in [1.29, 1.82) is 0 Å². The zero-order valence-corrected chi connectivity index (χ0v) is 11.5. The lowest BCUT2D eigenvalue weighted by Crippen LogP contribution is -2.51. The molecule has 0 aliphatic carbocycles. The van der Waals surface area contributed by atoms with Crippen molar-refractivity contribution in [3.05, 3.63) is 30.3 Å². The normalized spacial score (nSPS) is 16.1. The molecule has 0 radical (unpaired) electrons. The summed E-state index contributed by atoms with van der Waals surface area (Å²) in [6.45, 7) is 4.76. The molecule has 1 fully saturated rings. The first-order valence-corrected chi connectivity index (χ1v) is 6.70. The second-order valence-corrected chi connectivity index (χ2v) is 4.45. The first-order valence-electron chi connectivity index (χ1n) is 6.70. The number of ether oxygens (including phenoxy) is 1. The minimum absolute atomic E-state index is 0.0143. The lowest BCUT2D eigenvalue weighted by atomic mass is 10.2. The van der Waals surface area contributed by atoms with Gasteiger partial charge in [-0.1, -0.05) is 23.4 Å². The van der Waals surface area contributed by atoms with Gasteiger partial charge in [-0.2, -0.15) is 0 Å². The summed E-state index contributed by atoms with van der Waals surface area (Å²) in [6, 6.07) is 10.1. The molecule has 1 saturated heterocycles. The van der Waals surface area contributed by atoms with Crippen molar-refractivity contribution in [2.24, 2.45) is 5.16 Å². The molecule has 1 aliphatic rings. The van der Waals surface area contributed by atoms with Gasteiger partial charge in [0.1, 0.15) is 0 Å². The number of para-hydroxylation sites is 1. The summed E-state index contributed by atoms with van der Waals surface area (Å²) in [5.74, 6) is -0.595. The Labute approximate surface area is 118 Å². The molecule has 1 N–H and O–H groups in total. The molecule has 0 aromatic heterocycles. The van der Waals surface area contributed by atoms with E-state index in [-0.39, 0.29) is 12.4 Å². The van der Waals surface area contributed by atoms with Crippen molar-refractivity contribution in [3.63, 3.8) is 0 Å². The Morgan fingerprint density at radius 1 is 1.25 bits per heavy atom. The van der Waals surface area contributed by atoms with Crippen molar-refractivity contribution in [2.45, 2.75) is 6.92 Å². The predicted molar refractivity (Wildman–Crippen MR) is 76.1 cm³/mol. The van der Waals surface area contributed by atoms with Crippen LogP contribution in [0.2, 0.25) is 0 Å². The third kappa shape index (κ3) is 3.20. The zero-order valence-electron chi connectivity index (χ0n) is 11.5. The molecule has 1 heterocycles. The number of carbonyl (C=O) groups is 1. The maximum Gasteiger partial charge on any atom is 0.377 e. The summed E-state index contributed by atoms with van der Waals surface area (Å²) in [5.41, 5.74) is 1.16. The summed E-state index contributed by atoms with van der Waals surface area (Å²) in [4.78, 5) is 15.6. The predicted octanol–water partition coefficient (Wildman–Crippen LogP) is 1.16. The minimum Gasteiger partial charge on any atom is -0.460 e. The van der Waals surface area contributed by atoms with Crippen LogP contribution in [-0.2, 0) is 9.53 Å². The fraction of sp³-hybridized carbons (Fsp3) is 0.429. The average molecular weight is 277 g/mol. The van der Waals surface area contributed by atoms with E-state index >= 15 is 0 Å². The number of esters is 1. The van der Waals surface area contributed by atoms with Gasteiger partial charge < -0.3 is 19.7 Å². The highest BCUT2D eigenvalue weighted by Gasteiger charge is 2.25. The van der Waals surface area contributed by atoms with E-state index in [0.717, 1.165) is 18.8 Å². The molecule has 108 valence electrons. The van der Waals surface area contributed by atoms with Gasteiger partial charge in [0.15, 0.2) is 0 Å². The summed E-state index contributed by atoms with van der Waals surface area (Å²) >= 11 is 0. The van der Waals surface area contributed by atoms with Crippen molar-refractivity contribution < 1.29 is 14.7 Å². The Kier molecular flexibility index (Phi) is 4.81. The fourth-order valence-corrected chi connectivity index (χ4v) is 2.24. The quantitative estimate of drug-likeness (QED) is 0.289. The molecule has 1 aromatic carbocycles. The lowest BCUT2D eigenvalue weighted by Gasteiger charge is -2.36. The monoisotopic (exact) mass is 277 g/mol. The van der Waals surface area contributed by atoms with Gasteiger partial charge in [0.2, 0.25) is 0 Å². The third-order valence-electron chi connectivity index (χ3n) is 3.25. The van der Waals surface area contributed by atoms with Crippen LogP contribution >= 0.6 is 0 Å². The lowest BCUT2D eigenvalue weighted by molar-refractivity contribution is -0.136. The molecule has 1 aliphatic heterocycles. The molecular formula is C14H19N3O3. The number of hydrogen-bond acceptors (Lipinski definition) is 5. The average Bonchev–Trinajstić information content (AvgIpc) is 2.50. The molecule has 0 amide bonds. The van der Waals surface area contributed by atoms with Crippen LogP contribution in [0.4, 0.5) is 5.69 Å². The van der Waals surface area contributed by atoms with E-state index in [1.807, 2.05) is 18.2 Å². The van der Waals surface area contributed by atoms with E-state index in [4.69, 9.17) is 9.94 Å². The second kappa shape index (κ2) is 6.79. The van der Waals surface area contributed by atoms with Gasteiger partial charge in [0.05, 0.1) is 6.61 Å². The minimum atomic E-state index is -0.580. The molecule has 1 aromatic rings. The van der Waals surface area contributed by atoms with Crippen LogP contribution in [0.1, 0.15) is 6.92 Å². The SMILES string of the molecule is CCOC(=O)C(=NO)N1CCN(c2ccccc2)CC1. The number of benzene rings is 1. The van der Waals surface area contributed by atoms with E-state index < -0.39 is 5.97 Å². The second-order valence-electron chi connectivity index (χ2n) is 4.45. The molecule has 6 nitrogen and oxygen atoms in total. The van der Waals surface area contributed by atoms with Gasteiger partial charge in [-0.05, 0) is 19.1 Å². The number of amidine groups is 1. The first kappa shape index (κ1) is 14.2. The summed E-state index contributed by atoms with van der Waals surface area (Å²) in [6.07, 6.45) is 0. The van der Waals surface area contributed by atoms with Crippen LogP contribution in [0.25, 0.3) is 0 Å². The van der Waals surface area contributed by atoms with E-state index in [1.54, 1.807) is 11.8 Å². The molecule has 2 rings (SSSR count). The maximum atomic E-state index is 11.7. The van der Waals surface area contributed by atoms with E-state index in [9.17, 15) is 4.79 Å². The molecule has 0 unspecified atom stereocenters. The van der Waals surface area contributed by atoms with Crippen LogP contribution < -0.4 is 4.90 Å². The molecule has 0 saturated carbocycles. The van der Waals surface area contributed by atoms with Crippen molar-refractivity contribution in [1.82, 2.24) is 4.90 Å². The summed E-state index contributed by atoms with van der Waals surface area (Å²) < 4.78 is 4.87. The van der Waals surface area contributed by atoms with Gasteiger partial charge in [0, 0.05) is 31.9 Å². The van der Waals surface area contributed by atoms with Crippen LogP contribution in [0.5, 0.6) is 0 Å². The van der Waals surface area contributed by atoms with Gasteiger partial charge in [-0.3, -0.25) is 0 Å². The zero-order chi connectivity index (χ0) is 14.4. The number of oxime groups is 1. The summed E-state index contributed by atoms with van der Waals surface area (Å²) in [5, 5.41) is 12.1. The summed E-state index contributed by atoms with van der Waals surface area (Å²) in [7, 11) is 0. The topological polar surface area (TPSA) is 65.4 Å². The number of rotatable bonds is 2. The Bertz CT molecular complexity index is 468. The largest absolute Gasteiger partial charge is 0.460 e. The van der Waals surface area contributed by atoms with Crippen molar-refractivity contribution in [2.75, 3.05) is 37.7 Å². The van der Waals surface area contributed by atoms with E-state index in [1.165, 1.54) is 0 Å². The van der Waals surface area contributed by atoms with Gasteiger partial charge >= 0.3 is 5.97 Å². The molecule has 0 spiro atoms. The Morgan fingerprint density at radius 3 is 2.45 bits per heavy atom. The number of anilines is 1. The smallest absolute Gasteiger partial charge is 0.377 e. The Balaban J connectivity index is 1.95. The fourth-order valence-electron chi connectivity index (χ4n) is 2.24. The van der Waals surface area contributed by atoms with Gasteiger partial charge in [0.25, 0.3) is 5.84 Å². The molecule has 20 heavy (non-hydrogen) atoms. The highest BCUT2D eigenvalue weighted by atomic mass is 16.5. The first-order chi connectivity index (χ1) is 9.76. The third-order valence-corrected chi connectivity index (χ3v) is 3.25. The highest BCUT2D eigenvalue weighted by molar-refractivity contribution is 6.35. The van der Waals surface area contributed by atoms with Crippen LogP contribution in [-0.4, -0.2) is 54.7 Å². The van der Waals surface area contributed by atoms with Crippen molar-refractivity contribution in [3.8, 4) is 0 Å². The van der Waals surface area contributed by atoms with Crippen LogP contribution in [0.15, 0.2) is 35.5 Å². The van der Waals surface area contributed by atoms with E-state index in [0.29, 0.717) is 13.1 Å². The number of carbonyl (C=O) groups excluding carboxylic acids is 1. The van der Waals surface area contributed by atoms with Gasteiger partial charge in [-0.25, -0.2) is 4.79 Å². The Hall–Kier alpha value is -2.24. The molecule has 0 atom stereocenters. The highest BCUT2D eigenvalue weighted by Crippen LogP contribution is 2.15.